The molecule has 0 aliphatic heterocycles. The third-order valence-corrected chi connectivity index (χ3v) is 3.63. The predicted molar refractivity (Wildman–Crippen MR) is 79.0 cm³/mol. The van der Waals surface area contributed by atoms with E-state index in [0.717, 1.165) is 28.4 Å². The van der Waals surface area contributed by atoms with Gasteiger partial charge >= 0.3 is 0 Å². The molecule has 94 valence electrons. The number of nitrogen functional groups attached to an aromatic ring is 1. The molecule has 4 heteroatoms. The average molecular weight is 267 g/mol. The Balaban J connectivity index is 1.82. The van der Waals surface area contributed by atoms with Crippen molar-refractivity contribution in [3.05, 3.63) is 64.6 Å². The maximum atomic E-state index is 5.68. The van der Waals surface area contributed by atoms with E-state index in [2.05, 4.69) is 27.5 Å². The lowest BCUT2D eigenvalue weighted by Gasteiger charge is -1.98. The highest BCUT2D eigenvalue weighted by Gasteiger charge is 2.06. The van der Waals surface area contributed by atoms with Crippen molar-refractivity contribution in [1.29, 1.82) is 0 Å². The van der Waals surface area contributed by atoms with Gasteiger partial charge in [-0.3, -0.25) is 0 Å². The molecule has 0 amide bonds. The minimum atomic E-state index is 0.553. The Hall–Kier alpha value is -2.20. The highest BCUT2D eigenvalue weighted by molar-refractivity contribution is 7.10. The van der Waals surface area contributed by atoms with Crippen LogP contribution in [0.4, 0.5) is 5.82 Å². The number of rotatable bonds is 3. The second kappa shape index (κ2) is 5.20. The number of nitrogens with zero attached hydrogens (tertiary/aromatic N) is 2. The van der Waals surface area contributed by atoms with Gasteiger partial charge in [0.15, 0.2) is 0 Å². The van der Waals surface area contributed by atoms with Crippen LogP contribution in [0, 0.1) is 0 Å². The molecule has 0 radical (unpaired) electrons. The topological polar surface area (TPSA) is 51.8 Å². The molecular weight excluding hydrogens is 254 g/mol. The zero-order chi connectivity index (χ0) is 13.1. The summed E-state index contributed by atoms with van der Waals surface area (Å²) in [6, 6.07) is 15.9. The molecule has 2 heterocycles. The van der Waals surface area contributed by atoms with Crippen LogP contribution in [0.5, 0.6) is 0 Å². The van der Waals surface area contributed by atoms with Crippen LogP contribution in [0.2, 0.25) is 0 Å². The molecule has 0 saturated heterocycles. The van der Waals surface area contributed by atoms with Crippen molar-refractivity contribution in [2.45, 2.75) is 6.42 Å². The zero-order valence-corrected chi connectivity index (χ0v) is 11.1. The van der Waals surface area contributed by atoms with Gasteiger partial charge in [0, 0.05) is 23.1 Å². The van der Waals surface area contributed by atoms with Crippen LogP contribution in [0.1, 0.15) is 10.7 Å². The molecule has 0 aliphatic rings. The van der Waals surface area contributed by atoms with Gasteiger partial charge in [-0.1, -0.05) is 36.4 Å². The molecule has 3 nitrogen and oxygen atoms in total. The average Bonchev–Trinajstić information content (AvgIpc) is 2.88. The first kappa shape index (κ1) is 11.9. The molecule has 0 unspecified atom stereocenters. The lowest BCUT2D eigenvalue weighted by Crippen LogP contribution is -1.96. The largest absolute Gasteiger partial charge is 0.384 e. The summed E-state index contributed by atoms with van der Waals surface area (Å²) in [7, 11) is 0. The van der Waals surface area contributed by atoms with Gasteiger partial charge in [0.25, 0.3) is 0 Å². The number of benzene rings is 1. The number of aromatic nitrogens is 2. The first-order valence-corrected chi connectivity index (χ1v) is 6.90. The summed E-state index contributed by atoms with van der Waals surface area (Å²) in [5, 5.41) is 3.13. The van der Waals surface area contributed by atoms with Gasteiger partial charge in [-0.05, 0) is 12.1 Å². The van der Waals surface area contributed by atoms with Gasteiger partial charge in [0.1, 0.15) is 5.82 Å². The molecular formula is C15H13N3S. The Kier molecular flexibility index (Phi) is 3.25. The summed E-state index contributed by atoms with van der Waals surface area (Å²) in [6.07, 6.45) is 0.725. The van der Waals surface area contributed by atoms with Crippen LogP contribution in [-0.4, -0.2) is 9.97 Å². The quantitative estimate of drug-likeness (QED) is 0.791. The van der Waals surface area contributed by atoms with Crippen LogP contribution < -0.4 is 5.73 Å². The van der Waals surface area contributed by atoms with E-state index in [1.165, 1.54) is 0 Å². The van der Waals surface area contributed by atoms with Crippen molar-refractivity contribution < 1.29 is 0 Å². The number of nitrogens with two attached hydrogens (primary N) is 1. The third kappa shape index (κ3) is 2.80. The van der Waals surface area contributed by atoms with Gasteiger partial charge < -0.3 is 5.73 Å². The zero-order valence-electron chi connectivity index (χ0n) is 10.3. The summed E-state index contributed by atoms with van der Waals surface area (Å²) < 4.78 is 0. The summed E-state index contributed by atoms with van der Waals surface area (Å²) in [6.45, 7) is 0. The smallest absolute Gasteiger partial charge is 0.123 e. The van der Waals surface area contributed by atoms with Crippen LogP contribution in [0.15, 0.2) is 53.9 Å². The highest BCUT2D eigenvalue weighted by atomic mass is 32.1. The van der Waals surface area contributed by atoms with E-state index < -0.39 is 0 Å². The standard InChI is InChI=1S/C15H13N3S/c16-14-8-4-7-12(17-14)9-15-18-13(10-19-15)11-5-2-1-3-6-11/h1-8,10H,9H2,(H2,16,17). The van der Waals surface area contributed by atoms with E-state index in [1.54, 1.807) is 17.4 Å². The molecule has 2 aromatic heterocycles. The molecule has 0 aliphatic carbocycles. The first-order valence-electron chi connectivity index (χ1n) is 6.02. The van der Waals surface area contributed by atoms with Gasteiger partial charge in [0.2, 0.25) is 0 Å². The summed E-state index contributed by atoms with van der Waals surface area (Å²) >= 11 is 1.65. The number of anilines is 1. The van der Waals surface area contributed by atoms with Crippen LogP contribution >= 0.6 is 11.3 Å². The van der Waals surface area contributed by atoms with Crippen LogP contribution in [-0.2, 0) is 6.42 Å². The fourth-order valence-electron chi connectivity index (χ4n) is 1.89. The van der Waals surface area contributed by atoms with E-state index in [9.17, 15) is 0 Å². The predicted octanol–water partition coefficient (Wildman–Crippen LogP) is 3.38. The molecule has 0 spiro atoms. The van der Waals surface area contributed by atoms with Crippen molar-refractivity contribution in [3.8, 4) is 11.3 Å². The Morgan fingerprint density at radius 2 is 1.79 bits per heavy atom. The van der Waals surface area contributed by atoms with Crippen LogP contribution in [0.3, 0.4) is 0 Å². The summed E-state index contributed by atoms with van der Waals surface area (Å²) in [5.74, 6) is 0.553. The lowest BCUT2D eigenvalue weighted by atomic mass is 10.2. The van der Waals surface area contributed by atoms with Crippen molar-refractivity contribution in [3.63, 3.8) is 0 Å². The van der Waals surface area contributed by atoms with Gasteiger partial charge in [-0.2, -0.15) is 0 Å². The molecule has 2 N–H and O–H groups in total. The second-order valence-electron chi connectivity index (χ2n) is 4.22. The van der Waals surface area contributed by atoms with E-state index in [0.29, 0.717) is 5.82 Å². The van der Waals surface area contributed by atoms with Crippen molar-refractivity contribution >= 4 is 17.2 Å². The van der Waals surface area contributed by atoms with Crippen LogP contribution in [0.25, 0.3) is 11.3 Å². The van der Waals surface area contributed by atoms with Crippen molar-refractivity contribution in [2.75, 3.05) is 5.73 Å². The molecule has 3 rings (SSSR count). The number of hydrogen-bond acceptors (Lipinski definition) is 4. The Morgan fingerprint density at radius 1 is 0.947 bits per heavy atom. The molecule has 0 saturated carbocycles. The Bertz CT molecular complexity index is 677. The minimum Gasteiger partial charge on any atom is -0.384 e. The van der Waals surface area contributed by atoms with Gasteiger partial charge in [-0.15, -0.1) is 11.3 Å². The number of thiazole rings is 1. The Labute approximate surface area is 115 Å². The maximum absolute atomic E-state index is 5.68. The molecule has 0 atom stereocenters. The lowest BCUT2D eigenvalue weighted by molar-refractivity contribution is 1.06. The normalized spacial score (nSPS) is 10.5. The fraction of sp³-hybridized carbons (Fsp3) is 0.0667. The fourth-order valence-corrected chi connectivity index (χ4v) is 2.70. The SMILES string of the molecule is Nc1cccc(Cc2nc(-c3ccccc3)cs2)n1. The first-order chi connectivity index (χ1) is 9.31. The molecule has 19 heavy (non-hydrogen) atoms. The Morgan fingerprint density at radius 3 is 2.58 bits per heavy atom. The highest BCUT2D eigenvalue weighted by Crippen LogP contribution is 2.22. The van der Waals surface area contributed by atoms with Crippen molar-refractivity contribution in [1.82, 2.24) is 9.97 Å². The van der Waals surface area contributed by atoms with Gasteiger partial charge in [0.05, 0.1) is 10.7 Å². The monoisotopic (exact) mass is 267 g/mol. The molecule has 3 aromatic rings. The number of hydrogen-bond donors (Lipinski definition) is 1. The number of pyridine rings is 1. The maximum Gasteiger partial charge on any atom is 0.123 e. The minimum absolute atomic E-state index is 0.553. The van der Waals surface area contributed by atoms with Gasteiger partial charge in [-0.25, -0.2) is 9.97 Å². The summed E-state index contributed by atoms with van der Waals surface area (Å²) in [5.41, 5.74) is 8.80. The summed E-state index contributed by atoms with van der Waals surface area (Å²) in [4.78, 5) is 8.94. The molecule has 1 aromatic carbocycles. The van der Waals surface area contributed by atoms with E-state index in [-0.39, 0.29) is 0 Å². The van der Waals surface area contributed by atoms with Crippen molar-refractivity contribution in [2.24, 2.45) is 0 Å². The molecule has 0 bridgehead atoms. The van der Waals surface area contributed by atoms with E-state index in [4.69, 9.17) is 5.73 Å². The van der Waals surface area contributed by atoms with E-state index >= 15 is 0 Å². The third-order valence-electron chi connectivity index (χ3n) is 2.78. The molecule has 0 fully saturated rings. The second-order valence-corrected chi connectivity index (χ2v) is 5.17. The van der Waals surface area contributed by atoms with E-state index in [1.807, 2.05) is 30.3 Å².